The molecule has 0 saturated carbocycles. The van der Waals surface area contributed by atoms with Gasteiger partial charge in [0.25, 0.3) is 15.8 Å². The number of hydrogen-bond acceptors (Lipinski definition) is 12. The number of rotatable bonds is 6. The first-order valence-corrected chi connectivity index (χ1v) is 16.8. The Balaban J connectivity index is 0.000000215. The molecule has 7 aromatic rings. The van der Waals surface area contributed by atoms with Gasteiger partial charge in [0.2, 0.25) is 0 Å². The van der Waals surface area contributed by atoms with Crippen LogP contribution in [0.15, 0.2) is 141 Å². The van der Waals surface area contributed by atoms with E-state index in [1.165, 1.54) is 24.3 Å². The number of phenolic OH excluding ortho intramolecular Hbond substituents is 4. The number of nitro groups is 1. The largest absolute Gasteiger partial charge is 0.506 e. The smallest absolute Gasteiger partial charge is 0.295 e. The summed E-state index contributed by atoms with van der Waals surface area (Å²) >= 11 is 5.86. The van der Waals surface area contributed by atoms with Crippen molar-refractivity contribution < 1.29 is 55.1 Å². The van der Waals surface area contributed by atoms with E-state index in [1.54, 1.807) is 48.5 Å². The van der Waals surface area contributed by atoms with Crippen LogP contribution >= 0.6 is 11.6 Å². The van der Waals surface area contributed by atoms with Gasteiger partial charge in [-0.1, -0.05) is 72.3 Å². The molecule has 5 N–H and O–H groups in total. The Morgan fingerprint density at radius 2 is 1.08 bits per heavy atom. The summed E-state index contributed by atoms with van der Waals surface area (Å²) in [5.41, 5.74) is 0.107. The minimum absolute atomic E-state index is 0. The molecule has 0 atom stereocenters. The molecule has 1 radical (unpaired) electrons. The topological polar surface area (TPSA) is 228 Å². The molecule has 7 rings (SSSR count). The van der Waals surface area contributed by atoms with Gasteiger partial charge >= 0.3 is 0 Å². The SMILES string of the molecule is O=[N+]([O-])c1ccc2c(N=Nc3c(O)ccc4ccccc34)c(O)cc(S(=O)(=O)O)c2c1.Oc1ccc(Cl)cc1N=Nc1c(O)ccc2ccccc12.[Co]. The van der Waals surface area contributed by atoms with Crippen LogP contribution in [0.1, 0.15) is 0 Å². The summed E-state index contributed by atoms with van der Waals surface area (Å²) in [6, 6.07) is 29.6. The summed E-state index contributed by atoms with van der Waals surface area (Å²) in [5, 5.41) is 70.7. The molecule has 0 aliphatic carbocycles. The molecule has 14 nitrogen and oxygen atoms in total. The number of halogens is 1. The van der Waals surface area contributed by atoms with E-state index >= 15 is 0 Å². The second-order valence-corrected chi connectivity index (χ2v) is 12.9. The minimum Gasteiger partial charge on any atom is -0.506 e. The number of fused-ring (bicyclic) bond motifs is 3. The molecule has 0 amide bonds. The molecule has 53 heavy (non-hydrogen) atoms. The normalized spacial score (nSPS) is 11.5. The number of azo groups is 2. The maximum Gasteiger partial charge on any atom is 0.295 e. The van der Waals surface area contributed by atoms with Gasteiger partial charge in [-0.2, -0.15) is 8.42 Å². The summed E-state index contributed by atoms with van der Waals surface area (Å²) in [4.78, 5) is 9.67. The number of nitro benzene ring substituents is 1. The fraction of sp³-hybridized carbons (Fsp3) is 0. The Kier molecular flexibility index (Phi) is 11.2. The molecule has 0 spiro atoms. The first-order valence-electron chi connectivity index (χ1n) is 15.0. The maximum absolute atomic E-state index is 11.7. The van der Waals surface area contributed by atoms with Crippen molar-refractivity contribution >= 4 is 82.5 Å². The quantitative estimate of drug-likeness (QED) is 0.0466. The van der Waals surface area contributed by atoms with E-state index in [0.29, 0.717) is 16.1 Å². The zero-order valence-corrected chi connectivity index (χ0v) is 29.3. The summed E-state index contributed by atoms with van der Waals surface area (Å²) < 4.78 is 33.0. The number of phenols is 4. The third-order valence-corrected chi connectivity index (χ3v) is 8.86. The second kappa shape index (κ2) is 15.6. The van der Waals surface area contributed by atoms with E-state index < -0.39 is 31.4 Å². The van der Waals surface area contributed by atoms with Gasteiger partial charge in [-0.15, -0.1) is 20.5 Å². The van der Waals surface area contributed by atoms with Crippen molar-refractivity contribution in [3.63, 3.8) is 0 Å². The summed E-state index contributed by atoms with van der Waals surface area (Å²) in [6.45, 7) is 0. The van der Waals surface area contributed by atoms with Gasteiger partial charge in [-0.3, -0.25) is 14.7 Å². The van der Waals surface area contributed by atoms with E-state index in [-0.39, 0.29) is 61.9 Å². The van der Waals surface area contributed by atoms with Crippen LogP contribution in [0.3, 0.4) is 0 Å². The predicted molar refractivity (Wildman–Crippen MR) is 195 cm³/mol. The summed E-state index contributed by atoms with van der Waals surface area (Å²) in [6.07, 6.45) is 0. The average molecular weight is 797 g/mol. The van der Waals surface area contributed by atoms with Crippen LogP contribution in [0.25, 0.3) is 32.3 Å². The zero-order valence-electron chi connectivity index (χ0n) is 26.7. The Morgan fingerprint density at radius 1 is 0.566 bits per heavy atom. The number of hydrogen-bond donors (Lipinski definition) is 5. The van der Waals surface area contributed by atoms with Crippen molar-refractivity contribution in [3.8, 4) is 23.0 Å². The van der Waals surface area contributed by atoms with Crippen LogP contribution in [-0.4, -0.2) is 38.3 Å². The van der Waals surface area contributed by atoms with E-state index in [2.05, 4.69) is 20.5 Å². The molecular weight excluding hydrogens is 773 g/mol. The molecule has 0 aliphatic heterocycles. The van der Waals surface area contributed by atoms with E-state index in [9.17, 15) is 43.5 Å². The molecule has 0 aliphatic rings. The van der Waals surface area contributed by atoms with Crippen LogP contribution in [0.5, 0.6) is 23.0 Å². The molecule has 0 aromatic heterocycles. The van der Waals surface area contributed by atoms with Crippen molar-refractivity contribution in [3.05, 3.63) is 130 Å². The molecular formula is C36H24ClCoN5O9S. The van der Waals surface area contributed by atoms with Gasteiger partial charge in [0.05, 0.1) is 4.92 Å². The molecule has 0 fully saturated rings. The average Bonchev–Trinajstić information content (AvgIpc) is 3.12. The number of aromatic hydroxyl groups is 4. The molecule has 17 heteroatoms. The first kappa shape index (κ1) is 38.1. The van der Waals surface area contributed by atoms with Gasteiger partial charge in [0, 0.05) is 61.5 Å². The van der Waals surface area contributed by atoms with Gasteiger partial charge in [-0.05, 0) is 47.2 Å². The van der Waals surface area contributed by atoms with E-state index in [0.717, 1.165) is 34.4 Å². The van der Waals surface area contributed by atoms with Crippen molar-refractivity contribution in [2.24, 2.45) is 20.5 Å². The van der Waals surface area contributed by atoms with Gasteiger partial charge in [0.1, 0.15) is 50.6 Å². The Labute approximate surface area is 315 Å². The standard InChI is InChI=1S/C20H13N3O7S.C16H11ClN2O2.Co/c24-16-8-5-11-3-1-2-4-13(11)19(16)21-22-20-14-7-6-12(23(26)27)9-15(14)18(10-17(20)25)31(28,29)30;17-11-6-8-14(20)13(9-11)18-19-16-12-4-2-1-3-10(12)5-7-15(16)21;/h1-10,24-25H,(H,28,29,30);1-9,20-21H;. The van der Waals surface area contributed by atoms with Crippen molar-refractivity contribution in [2.45, 2.75) is 4.90 Å². The van der Waals surface area contributed by atoms with Crippen LogP contribution in [0.2, 0.25) is 5.02 Å². The third kappa shape index (κ3) is 8.17. The van der Waals surface area contributed by atoms with Gasteiger partial charge < -0.3 is 20.4 Å². The van der Waals surface area contributed by atoms with Crippen molar-refractivity contribution in [2.75, 3.05) is 0 Å². The summed E-state index contributed by atoms with van der Waals surface area (Å²) in [5.74, 6) is -0.796. The number of benzene rings is 7. The molecule has 0 heterocycles. The Hall–Kier alpha value is -6.17. The minimum atomic E-state index is -4.81. The molecule has 0 bridgehead atoms. The Bertz CT molecular complexity index is 2730. The van der Waals surface area contributed by atoms with Crippen LogP contribution in [0, 0.1) is 10.1 Å². The van der Waals surface area contributed by atoms with Crippen LogP contribution < -0.4 is 0 Å². The second-order valence-electron chi connectivity index (χ2n) is 11.0. The predicted octanol–water partition coefficient (Wildman–Crippen LogP) is 10.3. The molecule has 0 unspecified atom stereocenters. The first-order chi connectivity index (χ1) is 24.8. The Morgan fingerprint density at radius 3 is 1.62 bits per heavy atom. The fourth-order valence-corrected chi connectivity index (χ4v) is 6.13. The van der Waals surface area contributed by atoms with E-state index in [1.807, 2.05) is 24.3 Å². The van der Waals surface area contributed by atoms with Crippen LogP contribution in [-0.2, 0) is 26.9 Å². The molecule has 269 valence electrons. The number of non-ortho nitro benzene ring substituents is 1. The summed E-state index contributed by atoms with van der Waals surface area (Å²) in [7, 11) is -4.81. The fourth-order valence-electron chi connectivity index (χ4n) is 5.26. The zero-order chi connectivity index (χ0) is 37.2. The van der Waals surface area contributed by atoms with Crippen LogP contribution in [0.4, 0.5) is 28.4 Å². The van der Waals surface area contributed by atoms with Gasteiger partial charge in [0.15, 0.2) is 0 Å². The van der Waals surface area contributed by atoms with E-state index in [4.69, 9.17) is 11.6 Å². The van der Waals surface area contributed by atoms with Gasteiger partial charge in [-0.25, -0.2) is 0 Å². The van der Waals surface area contributed by atoms with Crippen molar-refractivity contribution in [1.29, 1.82) is 0 Å². The maximum atomic E-state index is 11.7. The third-order valence-electron chi connectivity index (χ3n) is 7.73. The molecule has 0 saturated heterocycles. The molecule has 7 aromatic carbocycles. The monoisotopic (exact) mass is 796 g/mol. The number of nitrogens with zero attached hydrogens (tertiary/aromatic N) is 5. The van der Waals surface area contributed by atoms with Crippen molar-refractivity contribution in [1.82, 2.24) is 0 Å².